The van der Waals surface area contributed by atoms with Crippen LogP contribution in [0.2, 0.25) is 0 Å². The van der Waals surface area contributed by atoms with Crippen molar-refractivity contribution in [3.05, 3.63) is 0 Å². The Morgan fingerprint density at radius 1 is 1.64 bits per heavy atom. The van der Waals surface area contributed by atoms with Crippen LogP contribution >= 0.6 is 11.8 Å². The van der Waals surface area contributed by atoms with Gasteiger partial charge in [-0.3, -0.25) is 0 Å². The van der Waals surface area contributed by atoms with E-state index in [1.54, 1.807) is 18.9 Å². The zero-order valence-electron chi connectivity index (χ0n) is 7.17. The first-order valence-corrected chi connectivity index (χ1v) is 4.74. The molecule has 0 aliphatic rings. The van der Waals surface area contributed by atoms with Crippen molar-refractivity contribution >= 4 is 11.8 Å². The number of thioether (sulfide) groups is 1. The van der Waals surface area contributed by atoms with Gasteiger partial charge in [-0.2, -0.15) is 11.8 Å². The lowest BCUT2D eigenvalue weighted by atomic mass is 10.1. The van der Waals surface area contributed by atoms with E-state index in [0.717, 1.165) is 18.1 Å². The second-order valence-electron chi connectivity index (χ2n) is 2.86. The van der Waals surface area contributed by atoms with Crippen LogP contribution in [-0.4, -0.2) is 42.5 Å². The SMILES string of the molecule is COCCSCC(C)(N)CO. The van der Waals surface area contributed by atoms with Gasteiger partial charge < -0.3 is 15.6 Å². The molecule has 0 aromatic carbocycles. The average molecular weight is 179 g/mol. The predicted octanol–water partition coefficient (Wildman–Crippen LogP) is 0.0757. The number of rotatable bonds is 6. The van der Waals surface area contributed by atoms with E-state index in [2.05, 4.69) is 0 Å². The van der Waals surface area contributed by atoms with Crippen molar-refractivity contribution < 1.29 is 9.84 Å². The van der Waals surface area contributed by atoms with Crippen LogP contribution in [0.25, 0.3) is 0 Å². The molecule has 0 heterocycles. The third-order valence-electron chi connectivity index (χ3n) is 1.22. The van der Waals surface area contributed by atoms with Gasteiger partial charge in [0.2, 0.25) is 0 Å². The van der Waals surface area contributed by atoms with Gasteiger partial charge in [0.15, 0.2) is 0 Å². The molecular formula is C7H17NO2S. The van der Waals surface area contributed by atoms with E-state index >= 15 is 0 Å². The van der Waals surface area contributed by atoms with Gasteiger partial charge in [-0.1, -0.05) is 0 Å². The smallest absolute Gasteiger partial charge is 0.0616 e. The molecule has 0 rings (SSSR count). The Morgan fingerprint density at radius 3 is 2.73 bits per heavy atom. The number of aliphatic hydroxyl groups is 1. The maximum absolute atomic E-state index is 8.78. The highest BCUT2D eigenvalue weighted by Gasteiger charge is 2.15. The van der Waals surface area contributed by atoms with E-state index in [1.807, 2.05) is 6.92 Å². The highest BCUT2D eigenvalue weighted by Crippen LogP contribution is 2.09. The summed E-state index contributed by atoms with van der Waals surface area (Å²) in [5, 5.41) is 8.78. The van der Waals surface area contributed by atoms with Crippen LogP contribution in [0.3, 0.4) is 0 Å². The third-order valence-corrected chi connectivity index (χ3v) is 2.54. The normalized spacial score (nSPS) is 16.4. The largest absolute Gasteiger partial charge is 0.394 e. The van der Waals surface area contributed by atoms with Crippen LogP contribution in [0, 0.1) is 0 Å². The molecule has 0 aliphatic heterocycles. The van der Waals surface area contributed by atoms with Gasteiger partial charge in [0.25, 0.3) is 0 Å². The molecule has 0 fully saturated rings. The highest BCUT2D eigenvalue weighted by atomic mass is 32.2. The van der Waals surface area contributed by atoms with E-state index in [0.29, 0.717) is 0 Å². The van der Waals surface area contributed by atoms with Crippen LogP contribution in [0.15, 0.2) is 0 Å². The number of aliphatic hydroxyl groups excluding tert-OH is 1. The monoisotopic (exact) mass is 179 g/mol. The maximum atomic E-state index is 8.78. The Labute approximate surface area is 72.3 Å². The van der Waals surface area contributed by atoms with Crippen molar-refractivity contribution in [2.75, 3.05) is 31.8 Å². The molecule has 11 heavy (non-hydrogen) atoms. The molecular weight excluding hydrogens is 162 g/mol. The van der Waals surface area contributed by atoms with Gasteiger partial charge in [-0.05, 0) is 6.92 Å². The number of nitrogens with two attached hydrogens (primary N) is 1. The lowest BCUT2D eigenvalue weighted by Gasteiger charge is -2.20. The molecule has 0 amide bonds. The van der Waals surface area contributed by atoms with Crippen LogP contribution < -0.4 is 5.73 Å². The lowest BCUT2D eigenvalue weighted by molar-refractivity contribution is 0.217. The van der Waals surface area contributed by atoms with Gasteiger partial charge in [0.05, 0.1) is 13.2 Å². The minimum Gasteiger partial charge on any atom is -0.394 e. The molecule has 0 aromatic rings. The molecule has 0 aromatic heterocycles. The Bertz CT molecular complexity index is 98.4. The van der Waals surface area contributed by atoms with Gasteiger partial charge in [0.1, 0.15) is 0 Å². The molecule has 0 aliphatic carbocycles. The van der Waals surface area contributed by atoms with Crippen LogP contribution in [0.5, 0.6) is 0 Å². The van der Waals surface area contributed by atoms with Gasteiger partial charge >= 0.3 is 0 Å². The fourth-order valence-electron chi connectivity index (χ4n) is 0.493. The third kappa shape index (κ3) is 6.62. The Balaban J connectivity index is 3.23. The van der Waals surface area contributed by atoms with Crippen molar-refractivity contribution in [3.63, 3.8) is 0 Å². The molecule has 1 unspecified atom stereocenters. The Kier molecular flexibility index (Phi) is 5.95. The summed E-state index contributed by atoms with van der Waals surface area (Å²) in [5.74, 6) is 1.70. The quantitative estimate of drug-likeness (QED) is 0.567. The molecule has 0 spiro atoms. The first kappa shape index (κ1) is 11.2. The minimum absolute atomic E-state index is 0.0347. The summed E-state index contributed by atoms with van der Waals surface area (Å²) in [5.41, 5.74) is 5.24. The molecule has 0 saturated heterocycles. The molecule has 3 N–H and O–H groups in total. The van der Waals surface area contributed by atoms with Crippen molar-refractivity contribution in [2.45, 2.75) is 12.5 Å². The van der Waals surface area contributed by atoms with E-state index in [4.69, 9.17) is 15.6 Å². The summed E-state index contributed by atoms with van der Waals surface area (Å²) < 4.78 is 4.87. The first-order chi connectivity index (χ1) is 5.12. The molecule has 0 radical (unpaired) electrons. The van der Waals surface area contributed by atoms with Gasteiger partial charge in [-0.15, -0.1) is 0 Å². The average Bonchev–Trinajstić information content (AvgIpc) is 1.99. The topological polar surface area (TPSA) is 55.5 Å². The standard InChI is InChI=1S/C7H17NO2S/c1-7(8,5-9)6-11-4-3-10-2/h9H,3-6,8H2,1-2H3. The molecule has 0 saturated carbocycles. The van der Waals surface area contributed by atoms with Crippen molar-refractivity contribution in [2.24, 2.45) is 5.73 Å². The Hall–Kier alpha value is 0.230. The molecule has 4 heteroatoms. The summed E-state index contributed by atoms with van der Waals surface area (Å²) in [4.78, 5) is 0. The van der Waals surface area contributed by atoms with Gasteiger partial charge in [0, 0.05) is 24.2 Å². The second-order valence-corrected chi connectivity index (χ2v) is 3.96. The molecule has 68 valence electrons. The number of ether oxygens (including phenoxy) is 1. The van der Waals surface area contributed by atoms with Crippen LogP contribution in [0.1, 0.15) is 6.92 Å². The fraction of sp³-hybridized carbons (Fsp3) is 1.00. The van der Waals surface area contributed by atoms with Crippen LogP contribution in [-0.2, 0) is 4.74 Å². The minimum atomic E-state index is -0.446. The van der Waals surface area contributed by atoms with E-state index in [1.165, 1.54) is 0 Å². The summed E-state index contributed by atoms with van der Waals surface area (Å²) in [6, 6.07) is 0. The zero-order chi connectivity index (χ0) is 8.74. The number of hydrogen-bond acceptors (Lipinski definition) is 4. The zero-order valence-corrected chi connectivity index (χ0v) is 7.99. The number of hydrogen-bond donors (Lipinski definition) is 2. The van der Waals surface area contributed by atoms with E-state index in [9.17, 15) is 0 Å². The Morgan fingerprint density at radius 2 is 2.27 bits per heavy atom. The van der Waals surface area contributed by atoms with Crippen molar-refractivity contribution in [1.29, 1.82) is 0 Å². The summed E-state index contributed by atoms with van der Waals surface area (Å²) >= 11 is 1.70. The van der Waals surface area contributed by atoms with Crippen LogP contribution in [0.4, 0.5) is 0 Å². The summed E-state index contributed by atoms with van der Waals surface area (Å²) in [6.45, 7) is 2.62. The molecule has 0 bridgehead atoms. The molecule has 3 nitrogen and oxygen atoms in total. The van der Waals surface area contributed by atoms with E-state index in [-0.39, 0.29) is 6.61 Å². The molecule has 1 atom stereocenters. The second kappa shape index (κ2) is 5.83. The summed E-state index contributed by atoms with van der Waals surface area (Å²) in [6.07, 6.45) is 0. The number of methoxy groups -OCH3 is 1. The summed E-state index contributed by atoms with van der Waals surface area (Å²) in [7, 11) is 1.67. The lowest BCUT2D eigenvalue weighted by Crippen LogP contribution is -2.42. The predicted molar refractivity (Wildman–Crippen MR) is 48.9 cm³/mol. The van der Waals surface area contributed by atoms with Gasteiger partial charge in [-0.25, -0.2) is 0 Å². The first-order valence-electron chi connectivity index (χ1n) is 3.59. The fourth-order valence-corrected chi connectivity index (χ4v) is 1.48. The van der Waals surface area contributed by atoms with Crippen molar-refractivity contribution in [3.8, 4) is 0 Å². The highest BCUT2D eigenvalue weighted by molar-refractivity contribution is 7.99. The maximum Gasteiger partial charge on any atom is 0.0616 e. The van der Waals surface area contributed by atoms with Crippen molar-refractivity contribution in [1.82, 2.24) is 0 Å². The van der Waals surface area contributed by atoms with E-state index < -0.39 is 5.54 Å².